The number of hydrogen-bond acceptors (Lipinski definition) is 5. The summed E-state index contributed by atoms with van der Waals surface area (Å²) < 4.78 is 2.32. The second kappa shape index (κ2) is 10.9. The molecule has 29 heavy (non-hydrogen) atoms. The number of hydrogen-bond donors (Lipinski definition) is 1. The van der Waals surface area contributed by atoms with Crippen LogP contribution in [0.4, 0.5) is 0 Å². The predicted molar refractivity (Wildman–Crippen MR) is 118 cm³/mol. The monoisotopic (exact) mass is 399 g/mol. The van der Waals surface area contributed by atoms with E-state index in [0.29, 0.717) is 12.6 Å². The number of rotatable bonds is 1. The highest BCUT2D eigenvalue weighted by molar-refractivity contribution is 5.21. The number of pyridine rings is 1. The lowest BCUT2D eigenvalue weighted by molar-refractivity contribution is 0.182. The SMILES string of the molecule is CN1CCCC1CO.CN1CCc2cccnc2C1.CN1CCn2cccc2C1. The number of fused-ring (bicyclic) bond motifs is 2. The zero-order valence-corrected chi connectivity index (χ0v) is 18.3. The number of likely N-dealkylation sites (N-methyl/N-ethyl adjacent to an activating group) is 3. The third-order valence-corrected chi connectivity index (χ3v) is 6.13. The van der Waals surface area contributed by atoms with Crippen LogP contribution in [-0.4, -0.2) is 82.8 Å². The number of aromatic nitrogens is 2. The van der Waals surface area contributed by atoms with E-state index in [9.17, 15) is 0 Å². The lowest BCUT2D eigenvalue weighted by Crippen LogP contribution is -2.29. The van der Waals surface area contributed by atoms with Crippen molar-refractivity contribution in [3.05, 3.63) is 53.6 Å². The summed E-state index contributed by atoms with van der Waals surface area (Å²) in [6.07, 6.45) is 7.61. The summed E-state index contributed by atoms with van der Waals surface area (Å²) in [5.74, 6) is 0. The number of aliphatic hydroxyl groups excluding tert-OH is 1. The van der Waals surface area contributed by atoms with Crippen LogP contribution < -0.4 is 0 Å². The first-order valence-electron chi connectivity index (χ1n) is 10.8. The molecule has 0 spiro atoms. The van der Waals surface area contributed by atoms with Crippen molar-refractivity contribution in [1.82, 2.24) is 24.3 Å². The third-order valence-electron chi connectivity index (χ3n) is 6.13. The Bertz CT molecular complexity index is 746. The van der Waals surface area contributed by atoms with Crippen LogP contribution in [0.1, 0.15) is 29.8 Å². The van der Waals surface area contributed by atoms with Crippen LogP contribution in [0.15, 0.2) is 36.7 Å². The summed E-state index contributed by atoms with van der Waals surface area (Å²) >= 11 is 0. The van der Waals surface area contributed by atoms with Crippen molar-refractivity contribution in [3.63, 3.8) is 0 Å². The Labute approximate surface area is 175 Å². The second-order valence-corrected chi connectivity index (χ2v) is 8.49. The number of likely N-dealkylation sites (tertiary alicyclic amines) is 1. The highest BCUT2D eigenvalue weighted by Crippen LogP contribution is 2.14. The van der Waals surface area contributed by atoms with Gasteiger partial charge < -0.3 is 19.5 Å². The maximum absolute atomic E-state index is 8.69. The first-order chi connectivity index (χ1) is 14.1. The van der Waals surface area contributed by atoms with Gasteiger partial charge in [0.05, 0.1) is 12.3 Å². The molecule has 0 saturated carbocycles. The minimum atomic E-state index is 0.330. The van der Waals surface area contributed by atoms with Gasteiger partial charge in [-0.15, -0.1) is 0 Å². The van der Waals surface area contributed by atoms with E-state index in [1.165, 1.54) is 42.9 Å². The standard InChI is InChI=1S/C9H12N2.C8H12N2.C6H13NO/c1-11-6-4-8-3-2-5-10-9(8)7-11;1-9-5-6-10-4-2-3-8(10)7-9;1-7-4-2-3-6(7)5-8/h2-3,5H,4,6-7H2,1H3;2-4H,5-7H2,1H3;6,8H,2-5H2,1H3. The second-order valence-electron chi connectivity index (χ2n) is 8.49. The Balaban J connectivity index is 0.000000126. The quantitative estimate of drug-likeness (QED) is 0.796. The molecule has 1 N–H and O–H groups in total. The predicted octanol–water partition coefficient (Wildman–Crippen LogP) is 2.08. The third kappa shape index (κ3) is 6.37. The largest absolute Gasteiger partial charge is 0.395 e. The van der Waals surface area contributed by atoms with Gasteiger partial charge in [0, 0.05) is 56.9 Å². The van der Waals surface area contributed by atoms with Crippen molar-refractivity contribution >= 4 is 0 Å². The van der Waals surface area contributed by atoms with Gasteiger partial charge in [-0.3, -0.25) is 9.88 Å². The Morgan fingerprint density at radius 3 is 2.55 bits per heavy atom. The van der Waals surface area contributed by atoms with Crippen molar-refractivity contribution < 1.29 is 5.11 Å². The Hall–Kier alpha value is -1.73. The average molecular weight is 400 g/mol. The first-order valence-corrected chi connectivity index (χ1v) is 10.8. The summed E-state index contributed by atoms with van der Waals surface area (Å²) in [6.45, 7) is 7.10. The first kappa shape index (κ1) is 22.0. The zero-order valence-electron chi connectivity index (χ0n) is 18.3. The smallest absolute Gasteiger partial charge is 0.0586 e. The van der Waals surface area contributed by atoms with E-state index >= 15 is 0 Å². The van der Waals surface area contributed by atoms with Crippen molar-refractivity contribution in [2.75, 3.05) is 47.4 Å². The van der Waals surface area contributed by atoms with Gasteiger partial charge in [-0.05, 0) is 70.7 Å². The molecule has 1 unspecified atom stereocenters. The molecule has 3 aliphatic heterocycles. The molecule has 0 radical (unpaired) electrons. The summed E-state index contributed by atoms with van der Waals surface area (Å²) in [5.41, 5.74) is 4.11. The molecule has 3 aliphatic rings. The lowest BCUT2D eigenvalue weighted by atomic mass is 10.1. The van der Waals surface area contributed by atoms with Crippen LogP contribution in [0.3, 0.4) is 0 Å². The highest BCUT2D eigenvalue weighted by atomic mass is 16.3. The van der Waals surface area contributed by atoms with Crippen LogP contribution >= 0.6 is 0 Å². The van der Waals surface area contributed by atoms with E-state index in [2.05, 4.69) is 69.8 Å². The molecule has 6 heteroatoms. The van der Waals surface area contributed by atoms with E-state index in [4.69, 9.17) is 5.11 Å². The summed E-state index contributed by atoms with van der Waals surface area (Å²) in [4.78, 5) is 11.2. The van der Waals surface area contributed by atoms with Crippen molar-refractivity contribution in [2.45, 2.75) is 44.9 Å². The van der Waals surface area contributed by atoms with Gasteiger partial charge in [0.1, 0.15) is 0 Å². The van der Waals surface area contributed by atoms with Gasteiger partial charge in [0.15, 0.2) is 0 Å². The van der Waals surface area contributed by atoms with E-state index in [-0.39, 0.29) is 0 Å². The fraction of sp³-hybridized carbons (Fsp3) is 0.609. The molecular formula is C23H37N5O. The van der Waals surface area contributed by atoms with Gasteiger partial charge in [-0.2, -0.15) is 0 Å². The molecule has 160 valence electrons. The van der Waals surface area contributed by atoms with Crippen LogP contribution in [0.5, 0.6) is 0 Å². The van der Waals surface area contributed by atoms with Gasteiger partial charge in [-0.1, -0.05) is 6.07 Å². The molecule has 2 aromatic heterocycles. The molecule has 0 aliphatic carbocycles. The molecule has 5 rings (SSSR count). The minimum Gasteiger partial charge on any atom is -0.395 e. The normalized spacial score (nSPS) is 22.0. The fourth-order valence-corrected chi connectivity index (χ4v) is 4.14. The molecule has 5 heterocycles. The van der Waals surface area contributed by atoms with Crippen molar-refractivity contribution in [3.8, 4) is 0 Å². The van der Waals surface area contributed by atoms with E-state index < -0.39 is 0 Å². The molecule has 0 amide bonds. The lowest BCUT2D eigenvalue weighted by Gasteiger charge is -2.24. The van der Waals surface area contributed by atoms with Crippen LogP contribution in [-0.2, 0) is 26.1 Å². The molecule has 1 atom stereocenters. The number of nitrogens with zero attached hydrogens (tertiary/aromatic N) is 5. The van der Waals surface area contributed by atoms with Gasteiger partial charge in [-0.25, -0.2) is 0 Å². The Morgan fingerprint density at radius 2 is 1.83 bits per heavy atom. The van der Waals surface area contributed by atoms with Crippen LogP contribution in [0.2, 0.25) is 0 Å². The van der Waals surface area contributed by atoms with E-state index in [1.54, 1.807) is 0 Å². The van der Waals surface area contributed by atoms with Crippen LogP contribution in [0, 0.1) is 0 Å². The molecule has 0 bridgehead atoms. The molecular weight excluding hydrogens is 362 g/mol. The van der Waals surface area contributed by atoms with E-state index in [0.717, 1.165) is 32.6 Å². The molecule has 6 nitrogen and oxygen atoms in total. The fourth-order valence-electron chi connectivity index (χ4n) is 4.14. The van der Waals surface area contributed by atoms with Crippen molar-refractivity contribution in [2.24, 2.45) is 0 Å². The highest BCUT2D eigenvalue weighted by Gasteiger charge is 2.18. The summed E-state index contributed by atoms with van der Waals surface area (Å²) in [5, 5.41) is 8.69. The van der Waals surface area contributed by atoms with Gasteiger partial charge in [0.25, 0.3) is 0 Å². The topological polar surface area (TPSA) is 47.8 Å². The van der Waals surface area contributed by atoms with E-state index in [1.807, 2.05) is 12.3 Å². The number of aliphatic hydroxyl groups is 1. The molecule has 1 saturated heterocycles. The maximum Gasteiger partial charge on any atom is 0.0586 e. The van der Waals surface area contributed by atoms with Crippen LogP contribution in [0.25, 0.3) is 0 Å². The summed E-state index contributed by atoms with van der Waals surface area (Å²) in [6, 6.07) is 8.96. The average Bonchev–Trinajstić information content (AvgIpc) is 3.36. The maximum atomic E-state index is 8.69. The van der Waals surface area contributed by atoms with Gasteiger partial charge in [0.2, 0.25) is 0 Å². The molecule has 2 aromatic rings. The molecule has 0 aromatic carbocycles. The van der Waals surface area contributed by atoms with Gasteiger partial charge >= 0.3 is 0 Å². The summed E-state index contributed by atoms with van der Waals surface area (Å²) in [7, 11) is 6.36. The zero-order chi connectivity index (χ0) is 20.6. The minimum absolute atomic E-state index is 0.330. The Morgan fingerprint density at radius 1 is 1.00 bits per heavy atom. The molecule has 1 fully saturated rings. The Kier molecular flexibility index (Phi) is 8.24. The van der Waals surface area contributed by atoms with Crippen molar-refractivity contribution in [1.29, 1.82) is 0 Å².